The lowest BCUT2D eigenvalue weighted by molar-refractivity contribution is 0.00372. The van der Waals surface area contributed by atoms with Crippen LogP contribution in [0.4, 0.5) is 0 Å². The monoisotopic (exact) mass is 241 g/mol. The molecule has 1 aromatic heterocycles. The maximum Gasteiger partial charge on any atom is 0.0769 e. The summed E-state index contributed by atoms with van der Waals surface area (Å²) in [5.74, 6) is 0.315. The van der Waals surface area contributed by atoms with Crippen LogP contribution in [0.1, 0.15) is 45.0 Å². The van der Waals surface area contributed by atoms with E-state index >= 15 is 0 Å². The minimum Gasteiger partial charge on any atom is -0.389 e. The van der Waals surface area contributed by atoms with Crippen molar-refractivity contribution in [1.82, 2.24) is 5.32 Å². The molecule has 1 rings (SSSR count). The Balaban J connectivity index is 2.45. The van der Waals surface area contributed by atoms with Gasteiger partial charge in [-0.15, -0.1) is 11.3 Å². The summed E-state index contributed by atoms with van der Waals surface area (Å²) in [7, 11) is 0. The van der Waals surface area contributed by atoms with E-state index in [1.807, 2.05) is 6.92 Å². The molecule has 2 nitrogen and oxygen atoms in total. The van der Waals surface area contributed by atoms with Crippen LogP contribution in [0.5, 0.6) is 0 Å². The minimum atomic E-state index is -0.625. The number of thiophene rings is 1. The summed E-state index contributed by atoms with van der Waals surface area (Å²) in [6.45, 7) is 8.90. The zero-order chi connectivity index (χ0) is 12.2. The van der Waals surface area contributed by atoms with Gasteiger partial charge in [-0.3, -0.25) is 0 Å². The Kier molecular flexibility index (Phi) is 4.96. The Bertz CT molecular complexity index is 295. The highest BCUT2D eigenvalue weighted by Crippen LogP contribution is 2.22. The first kappa shape index (κ1) is 13.7. The van der Waals surface area contributed by atoms with Crippen molar-refractivity contribution in [2.24, 2.45) is 5.92 Å². The van der Waals surface area contributed by atoms with Gasteiger partial charge in [-0.1, -0.05) is 26.3 Å². The van der Waals surface area contributed by atoms with Gasteiger partial charge in [0.15, 0.2) is 0 Å². The first-order chi connectivity index (χ1) is 7.47. The summed E-state index contributed by atoms with van der Waals surface area (Å²) in [5, 5.41) is 15.8. The SMILES string of the molecule is CCC(C)C(C)(O)CNC(C)c1cccs1. The van der Waals surface area contributed by atoms with Crippen LogP contribution in [0.15, 0.2) is 17.5 Å². The molecular formula is C13H23NOS. The number of rotatable bonds is 6. The predicted molar refractivity (Wildman–Crippen MR) is 70.8 cm³/mol. The van der Waals surface area contributed by atoms with Crippen LogP contribution < -0.4 is 5.32 Å². The summed E-state index contributed by atoms with van der Waals surface area (Å²) in [5.41, 5.74) is -0.625. The van der Waals surface area contributed by atoms with Crippen molar-refractivity contribution in [2.45, 2.75) is 45.8 Å². The van der Waals surface area contributed by atoms with Gasteiger partial charge in [0.05, 0.1) is 5.60 Å². The van der Waals surface area contributed by atoms with Gasteiger partial charge in [0.2, 0.25) is 0 Å². The molecule has 0 aliphatic carbocycles. The molecule has 16 heavy (non-hydrogen) atoms. The molecule has 0 spiro atoms. The highest BCUT2D eigenvalue weighted by Gasteiger charge is 2.27. The Morgan fingerprint density at radius 2 is 2.19 bits per heavy atom. The van der Waals surface area contributed by atoms with Gasteiger partial charge in [-0.2, -0.15) is 0 Å². The van der Waals surface area contributed by atoms with Gasteiger partial charge >= 0.3 is 0 Å². The lowest BCUT2D eigenvalue weighted by atomic mass is 9.88. The van der Waals surface area contributed by atoms with E-state index in [-0.39, 0.29) is 0 Å². The van der Waals surface area contributed by atoms with Crippen molar-refractivity contribution in [2.75, 3.05) is 6.54 Å². The van der Waals surface area contributed by atoms with Crippen molar-refractivity contribution in [3.8, 4) is 0 Å². The third-order valence-corrected chi connectivity index (χ3v) is 4.47. The van der Waals surface area contributed by atoms with E-state index in [2.05, 4.69) is 43.6 Å². The first-order valence-corrected chi connectivity index (χ1v) is 6.84. The summed E-state index contributed by atoms with van der Waals surface area (Å²) in [6.07, 6.45) is 1.00. The molecule has 3 atom stereocenters. The van der Waals surface area contributed by atoms with Crippen molar-refractivity contribution in [3.63, 3.8) is 0 Å². The summed E-state index contributed by atoms with van der Waals surface area (Å²) in [4.78, 5) is 1.32. The molecule has 0 bridgehead atoms. The second-order valence-electron chi connectivity index (χ2n) is 4.78. The molecule has 0 radical (unpaired) electrons. The molecule has 0 fully saturated rings. The number of hydrogen-bond acceptors (Lipinski definition) is 3. The minimum absolute atomic E-state index is 0.315. The number of aliphatic hydroxyl groups is 1. The average molecular weight is 241 g/mol. The molecule has 0 saturated carbocycles. The normalized spacial score (nSPS) is 19.1. The molecule has 1 heterocycles. The largest absolute Gasteiger partial charge is 0.389 e. The summed E-state index contributed by atoms with van der Waals surface area (Å²) in [6, 6.07) is 4.50. The van der Waals surface area contributed by atoms with Crippen LogP contribution >= 0.6 is 11.3 Å². The van der Waals surface area contributed by atoms with Crippen molar-refractivity contribution < 1.29 is 5.11 Å². The molecule has 0 aliphatic heterocycles. The Morgan fingerprint density at radius 1 is 1.50 bits per heavy atom. The fourth-order valence-electron chi connectivity index (χ4n) is 1.61. The third kappa shape index (κ3) is 3.58. The van der Waals surface area contributed by atoms with Gasteiger partial charge in [0, 0.05) is 17.5 Å². The van der Waals surface area contributed by atoms with Crippen LogP contribution in [0.25, 0.3) is 0 Å². The summed E-state index contributed by atoms with van der Waals surface area (Å²) < 4.78 is 0. The van der Waals surface area contributed by atoms with E-state index in [0.29, 0.717) is 18.5 Å². The van der Waals surface area contributed by atoms with E-state index in [0.717, 1.165) is 6.42 Å². The van der Waals surface area contributed by atoms with Crippen molar-refractivity contribution in [1.29, 1.82) is 0 Å². The van der Waals surface area contributed by atoms with Crippen LogP contribution in [-0.4, -0.2) is 17.3 Å². The van der Waals surface area contributed by atoms with E-state index in [1.165, 1.54) is 4.88 Å². The Morgan fingerprint density at radius 3 is 2.69 bits per heavy atom. The third-order valence-electron chi connectivity index (χ3n) is 3.41. The molecule has 0 aromatic carbocycles. The Labute approximate surface area is 103 Å². The molecule has 92 valence electrons. The maximum absolute atomic E-state index is 10.3. The quantitative estimate of drug-likeness (QED) is 0.801. The standard InChI is InChI=1S/C13H23NOS/c1-5-10(2)13(4,15)9-14-11(3)12-7-6-8-16-12/h6-8,10-11,14-15H,5,9H2,1-4H3. The molecule has 0 amide bonds. The van der Waals surface area contributed by atoms with Crippen molar-refractivity contribution >= 4 is 11.3 Å². The van der Waals surface area contributed by atoms with Crippen LogP contribution in [-0.2, 0) is 0 Å². The Hall–Kier alpha value is -0.380. The number of nitrogens with one attached hydrogen (secondary N) is 1. The van der Waals surface area contributed by atoms with Crippen LogP contribution in [0.2, 0.25) is 0 Å². The summed E-state index contributed by atoms with van der Waals surface area (Å²) >= 11 is 1.75. The number of hydrogen-bond donors (Lipinski definition) is 2. The molecule has 0 aliphatic rings. The fourth-order valence-corrected chi connectivity index (χ4v) is 2.37. The molecule has 3 heteroatoms. The highest BCUT2D eigenvalue weighted by atomic mass is 32.1. The van der Waals surface area contributed by atoms with E-state index in [4.69, 9.17) is 0 Å². The van der Waals surface area contributed by atoms with Gasteiger partial charge < -0.3 is 10.4 Å². The molecule has 1 aromatic rings. The van der Waals surface area contributed by atoms with Gasteiger partial charge in [-0.25, -0.2) is 0 Å². The smallest absolute Gasteiger partial charge is 0.0769 e. The molecule has 3 unspecified atom stereocenters. The van der Waals surface area contributed by atoms with Gasteiger partial charge in [0.25, 0.3) is 0 Å². The fraction of sp³-hybridized carbons (Fsp3) is 0.692. The zero-order valence-electron chi connectivity index (χ0n) is 10.7. The molecule has 0 saturated heterocycles. The van der Waals surface area contributed by atoms with Crippen molar-refractivity contribution in [3.05, 3.63) is 22.4 Å². The maximum atomic E-state index is 10.3. The average Bonchev–Trinajstić information content (AvgIpc) is 2.78. The first-order valence-electron chi connectivity index (χ1n) is 5.96. The second kappa shape index (κ2) is 5.80. The predicted octanol–water partition coefficient (Wildman–Crippen LogP) is 3.20. The highest BCUT2D eigenvalue weighted by molar-refractivity contribution is 7.10. The lowest BCUT2D eigenvalue weighted by Crippen LogP contribution is -2.43. The zero-order valence-corrected chi connectivity index (χ0v) is 11.5. The van der Waals surface area contributed by atoms with Gasteiger partial charge in [-0.05, 0) is 31.2 Å². The van der Waals surface area contributed by atoms with E-state index in [9.17, 15) is 5.11 Å². The van der Waals surface area contributed by atoms with Gasteiger partial charge in [0.1, 0.15) is 0 Å². The molecular weight excluding hydrogens is 218 g/mol. The lowest BCUT2D eigenvalue weighted by Gasteiger charge is -2.31. The topological polar surface area (TPSA) is 32.3 Å². The van der Waals surface area contributed by atoms with Crippen LogP contribution in [0, 0.1) is 5.92 Å². The van der Waals surface area contributed by atoms with E-state index in [1.54, 1.807) is 11.3 Å². The molecule has 2 N–H and O–H groups in total. The van der Waals surface area contributed by atoms with E-state index < -0.39 is 5.60 Å². The van der Waals surface area contributed by atoms with Crippen LogP contribution in [0.3, 0.4) is 0 Å². The second-order valence-corrected chi connectivity index (χ2v) is 5.76.